The Kier molecular flexibility index (Phi) is 5.19. The third-order valence-corrected chi connectivity index (χ3v) is 3.29. The minimum absolute atomic E-state index is 0.207. The van der Waals surface area contributed by atoms with Gasteiger partial charge in [0.05, 0.1) is 0 Å². The normalized spacial score (nSPS) is 13.9. The molecule has 0 aliphatic rings. The van der Waals surface area contributed by atoms with Crippen LogP contribution in [0.15, 0.2) is 12.4 Å². The smallest absolute Gasteiger partial charge is 0.108 e. The van der Waals surface area contributed by atoms with Crippen LogP contribution >= 0.6 is 0 Å². The standard InChI is InChI=1S/C14H27N3/c1-5-10-17-11-9-16-13(17)8-6-7-12(15)14(2,3)4/h9,11-12H,5-8,10,15H2,1-4H3. The Morgan fingerprint density at radius 3 is 2.71 bits per heavy atom. The van der Waals surface area contributed by atoms with Crippen molar-refractivity contribution in [2.45, 2.75) is 66.0 Å². The Balaban J connectivity index is 2.38. The van der Waals surface area contributed by atoms with Gasteiger partial charge >= 0.3 is 0 Å². The lowest BCUT2D eigenvalue weighted by Crippen LogP contribution is -2.34. The van der Waals surface area contributed by atoms with E-state index in [0.717, 1.165) is 32.2 Å². The largest absolute Gasteiger partial charge is 0.335 e. The summed E-state index contributed by atoms with van der Waals surface area (Å²) < 4.78 is 2.25. The van der Waals surface area contributed by atoms with Crippen LogP contribution in [0.4, 0.5) is 0 Å². The molecule has 0 radical (unpaired) electrons. The van der Waals surface area contributed by atoms with Gasteiger partial charge in [0.2, 0.25) is 0 Å². The Morgan fingerprint density at radius 2 is 2.12 bits per heavy atom. The van der Waals surface area contributed by atoms with Crippen molar-refractivity contribution in [3.05, 3.63) is 18.2 Å². The quantitative estimate of drug-likeness (QED) is 0.826. The van der Waals surface area contributed by atoms with Gasteiger partial charge in [-0.3, -0.25) is 0 Å². The van der Waals surface area contributed by atoms with Gasteiger partial charge in [-0.05, 0) is 24.7 Å². The van der Waals surface area contributed by atoms with Gasteiger partial charge in [-0.1, -0.05) is 27.7 Å². The number of aryl methyl sites for hydroxylation is 2. The molecular weight excluding hydrogens is 210 g/mol. The molecule has 0 aliphatic heterocycles. The lowest BCUT2D eigenvalue weighted by molar-refractivity contribution is 0.300. The van der Waals surface area contributed by atoms with Crippen molar-refractivity contribution in [3.8, 4) is 0 Å². The molecule has 1 atom stereocenters. The Labute approximate surface area is 105 Å². The van der Waals surface area contributed by atoms with E-state index in [2.05, 4.69) is 43.4 Å². The van der Waals surface area contributed by atoms with Crippen LogP contribution in [0, 0.1) is 5.41 Å². The van der Waals surface area contributed by atoms with Gasteiger partial charge in [-0.2, -0.15) is 0 Å². The number of hydrogen-bond acceptors (Lipinski definition) is 2. The van der Waals surface area contributed by atoms with Crippen LogP contribution < -0.4 is 5.73 Å². The molecule has 3 nitrogen and oxygen atoms in total. The van der Waals surface area contributed by atoms with E-state index in [1.165, 1.54) is 5.82 Å². The molecule has 2 N–H and O–H groups in total. The molecule has 1 heterocycles. The number of rotatable bonds is 6. The summed E-state index contributed by atoms with van der Waals surface area (Å²) >= 11 is 0. The van der Waals surface area contributed by atoms with E-state index >= 15 is 0 Å². The molecule has 0 bridgehead atoms. The second-order valence-corrected chi connectivity index (χ2v) is 5.90. The summed E-state index contributed by atoms with van der Waals surface area (Å²) in [6.07, 6.45) is 8.36. The van der Waals surface area contributed by atoms with E-state index in [0.29, 0.717) is 0 Å². The molecule has 3 heteroatoms. The molecule has 0 saturated heterocycles. The van der Waals surface area contributed by atoms with Crippen LogP contribution in [0.25, 0.3) is 0 Å². The van der Waals surface area contributed by atoms with Crippen molar-refractivity contribution in [1.82, 2.24) is 9.55 Å². The zero-order valence-electron chi connectivity index (χ0n) is 11.7. The fourth-order valence-corrected chi connectivity index (χ4v) is 1.93. The van der Waals surface area contributed by atoms with Gasteiger partial charge in [0.25, 0.3) is 0 Å². The molecule has 1 unspecified atom stereocenters. The lowest BCUT2D eigenvalue weighted by Gasteiger charge is -2.26. The van der Waals surface area contributed by atoms with Crippen molar-refractivity contribution < 1.29 is 0 Å². The molecule has 0 spiro atoms. The van der Waals surface area contributed by atoms with Crippen LogP contribution in [0.2, 0.25) is 0 Å². The summed E-state index contributed by atoms with van der Waals surface area (Å²) in [6.45, 7) is 9.88. The fraction of sp³-hybridized carbons (Fsp3) is 0.786. The first-order chi connectivity index (χ1) is 7.95. The summed E-state index contributed by atoms with van der Waals surface area (Å²) in [5, 5.41) is 0. The molecule has 0 fully saturated rings. The van der Waals surface area contributed by atoms with Crippen molar-refractivity contribution in [3.63, 3.8) is 0 Å². The van der Waals surface area contributed by atoms with E-state index in [-0.39, 0.29) is 11.5 Å². The van der Waals surface area contributed by atoms with E-state index in [4.69, 9.17) is 5.73 Å². The van der Waals surface area contributed by atoms with Gasteiger partial charge in [0, 0.05) is 31.4 Å². The third kappa shape index (κ3) is 4.50. The van der Waals surface area contributed by atoms with Crippen LogP contribution in [0.1, 0.15) is 52.8 Å². The minimum atomic E-state index is 0.207. The second-order valence-electron chi connectivity index (χ2n) is 5.90. The molecule has 0 aromatic carbocycles. The maximum Gasteiger partial charge on any atom is 0.108 e. The first-order valence-electron chi connectivity index (χ1n) is 6.70. The van der Waals surface area contributed by atoms with Crippen molar-refractivity contribution in [1.29, 1.82) is 0 Å². The monoisotopic (exact) mass is 237 g/mol. The van der Waals surface area contributed by atoms with E-state index in [1.54, 1.807) is 0 Å². The molecular formula is C14H27N3. The third-order valence-electron chi connectivity index (χ3n) is 3.29. The molecule has 0 amide bonds. The highest BCUT2D eigenvalue weighted by atomic mass is 15.1. The molecule has 0 aliphatic carbocycles. The molecule has 1 rings (SSSR count). The minimum Gasteiger partial charge on any atom is -0.335 e. The summed E-state index contributed by atoms with van der Waals surface area (Å²) in [5.41, 5.74) is 6.37. The topological polar surface area (TPSA) is 43.8 Å². The van der Waals surface area contributed by atoms with Crippen molar-refractivity contribution in [2.75, 3.05) is 0 Å². The molecule has 1 aromatic rings. The number of aromatic nitrogens is 2. The van der Waals surface area contributed by atoms with Gasteiger partial charge in [0.15, 0.2) is 0 Å². The predicted octanol–water partition coefficient (Wildman–Crippen LogP) is 2.99. The lowest BCUT2D eigenvalue weighted by atomic mass is 9.84. The highest BCUT2D eigenvalue weighted by Gasteiger charge is 2.19. The summed E-state index contributed by atoms with van der Waals surface area (Å²) in [7, 11) is 0. The average molecular weight is 237 g/mol. The SMILES string of the molecule is CCCn1ccnc1CCCC(N)C(C)(C)C. The highest BCUT2D eigenvalue weighted by molar-refractivity contribution is 4.93. The predicted molar refractivity (Wildman–Crippen MR) is 72.9 cm³/mol. The molecule has 0 saturated carbocycles. The van der Waals surface area contributed by atoms with Crippen LogP contribution in [0.3, 0.4) is 0 Å². The Morgan fingerprint density at radius 1 is 1.41 bits per heavy atom. The number of nitrogens with zero attached hydrogens (tertiary/aromatic N) is 2. The zero-order valence-corrected chi connectivity index (χ0v) is 11.7. The first kappa shape index (κ1) is 14.2. The first-order valence-corrected chi connectivity index (χ1v) is 6.70. The maximum absolute atomic E-state index is 6.16. The van der Waals surface area contributed by atoms with Crippen LogP contribution in [0.5, 0.6) is 0 Å². The summed E-state index contributed by atoms with van der Waals surface area (Å²) in [5.74, 6) is 1.20. The average Bonchev–Trinajstić information content (AvgIpc) is 2.65. The van der Waals surface area contributed by atoms with Crippen LogP contribution in [-0.2, 0) is 13.0 Å². The Hall–Kier alpha value is -0.830. The van der Waals surface area contributed by atoms with E-state index < -0.39 is 0 Å². The van der Waals surface area contributed by atoms with Gasteiger partial charge in [-0.15, -0.1) is 0 Å². The van der Waals surface area contributed by atoms with Gasteiger partial charge in [0.1, 0.15) is 5.82 Å². The van der Waals surface area contributed by atoms with E-state index in [1.807, 2.05) is 6.20 Å². The van der Waals surface area contributed by atoms with Gasteiger partial charge < -0.3 is 10.3 Å². The summed E-state index contributed by atoms with van der Waals surface area (Å²) in [4.78, 5) is 4.42. The molecule has 98 valence electrons. The number of nitrogens with two attached hydrogens (primary N) is 1. The Bertz CT molecular complexity index is 322. The van der Waals surface area contributed by atoms with Gasteiger partial charge in [-0.25, -0.2) is 4.98 Å². The fourth-order valence-electron chi connectivity index (χ4n) is 1.93. The molecule has 17 heavy (non-hydrogen) atoms. The summed E-state index contributed by atoms with van der Waals surface area (Å²) in [6, 6.07) is 0.275. The number of hydrogen-bond donors (Lipinski definition) is 1. The second kappa shape index (κ2) is 6.20. The molecule has 1 aromatic heterocycles. The van der Waals surface area contributed by atoms with Crippen molar-refractivity contribution >= 4 is 0 Å². The van der Waals surface area contributed by atoms with Crippen LogP contribution in [-0.4, -0.2) is 15.6 Å². The zero-order chi connectivity index (χ0) is 12.9. The highest BCUT2D eigenvalue weighted by Crippen LogP contribution is 2.21. The maximum atomic E-state index is 6.16. The number of imidazole rings is 1. The van der Waals surface area contributed by atoms with E-state index in [9.17, 15) is 0 Å². The van der Waals surface area contributed by atoms with Crippen molar-refractivity contribution in [2.24, 2.45) is 11.1 Å².